The second-order valence-electron chi connectivity index (χ2n) is 4.09. The molecule has 0 saturated carbocycles. The van der Waals surface area contributed by atoms with E-state index in [4.69, 9.17) is 10.8 Å². The summed E-state index contributed by atoms with van der Waals surface area (Å²) in [7, 11) is -3.10. The smallest absolute Gasteiger partial charge is 0.328 e. The van der Waals surface area contributed by atoms with Gasteiger partial charge in [-0.2, -0.15) is 4.31 Å². The predicted octanol–water partition coefficient (Wildman–Crippen LogP) is 0.0293. The summed E-state index contributed by atoms with van der Waals surface area (Å²) in [6, 6.07) is 3.11. The van der Waals surface area contributed by atoms with E-state index in [0.717, 1.165) is 31.3 Å². The number of hydrogen-bond donors (Lipinski definition) is 2. The molecule has 114 valence electrons. The molecule has 3 N–H and O–H groups in total. The maximum atomic E-state index is 13.9. The number of hydrogen-bond acceptors (Lipinski definition) is 4. The molecule has 1 aromatic carbocycles. The lowest BCUT2D eigenvalue weighted by molar-refractivity contribution is -0.131. The quantitative estimate of drug-likeness (QED) is 0.718. The number of carboxylic acids is 1. The molecule has 0 aromatic heterocycles. The van der Waals surface area contributed by atoms with E-state index in [9.17, 15) is 22.4 Å². The summed E-state index contributed by atoms with van der Waals surface area (Å²) in [5.41, 5.74) is 5.08. The standard InChI is InChI=1S/C12H13FN2O5S/c1-15(7-11(14)16)21(19,20)10-4-2-8(6-9(10)13)3-5-12(17)18/h2-6H,7H2,1H3,(H2,14,16)(H,17,18)/b5-3+. The van der Waals surface area contributed by atoms with E-state index in [1.54, 1.807) is 0 Å². The minimum absolute atomic E-state index is 0.186. The number of primary amides is 1. The number of sulfonamides is 1. The molecule has 0 saturated heterocycles. The second-order valence-corrected chi connectivity index (χ2v) is 6.10. The van der Waals surface area contributed by atoms with Crippen molar-refractivity contribution in [1.82, 2.24) is 4.31 Å². The third-order valence-corrected chi connectivity index (χ3v) is 4.28. The number of halogens is 1. The Morgan fingerprint density at radius 2 is 2.05 bits per heavy atom. The van der Waals surface area contributed by atoms with E-state index in [2.05, 4.69) is 0 Å². The van der Waals surface area contributed by atoms with Crippen LogP contribution in [-0.2, 0) is 19.6 Å². The Morgan fingerprint density at radius 1 is 1.43 bits per heavy atom. The van der Waals surface area contributed by atoms with Crippen molar-refractivity contribution < 1.29 is 27.5 Å². The second kappa shape index (κ2) is 6.46. The fourth-order valence-corrected chi connectivity index (χ4v) is 2.65. The maximum Gasteiger partial charge on any atom is 0.328 e. The number of rotatable bonds is 6. The monoisotopic (exact) mass is 316 g/mol. The predicted molar refractivity (Wildman–Crippen MR) is 72.1 cm³/mol. The van der Waals surface area contributed by atoms with Crippen LogP contribution in [-0.4, -0.2) is 43.3 Å². The first kappa shape index (κ1) is 16.8. The summed E-state index contributed by atoms with van der Waals surface area (Å²) in [5, 5.41) is 8.46. The highest BCUT2D eigenvalue weighted by molar-refractivity contribution is 7.89. The van der Waals surface area contributed by atoms with Gasteiger partial charge in [0.05, 0.1) is 6.54 Å². The molecule has 0 spiro atoms. The van der Waals surface area contributed by atoms with Crippen LogP contribution in [0, 0.1) is 5.82 Å². The van der Waals surface area contributed by atoms with Crippen LogP contribution in [0.5, 0.6) is 0 Å². The molecule has 0 fully saturated rings. The lowest BCUT2D eigenvalue weighted by Gasteiger charge is -2.15. The third-order valence-electron chi connectivity index (χ3n) is 2.44. The Labute approximate surface area is 120 Å². The van der Waals surface area contributed by atoms with Gasteiger partial charge in [-0.05, 0) is 23.8 Å². The SMILES string of the molecule is CN(CC(N)=O)S(=O)(=O)c1ccc(/C=C/C(=O)O)cc1F. The zero-order chi connectivity index (χ0) is 16.2. The molecule has 0 aliphatic carbocycles. The van der Waals surface area contributed by atoms with E-state index < -0.39 is 39.2 Å². The van der Waals surface area contributed by atoms with E-state index >= 15 is 0 Å². The van der Waals surface area contributed by atoms with Gasteiger partial charge in [-0.3, -0.25) is 4.79 Å². The van der Waals surface area contributed by atoms with Gasteiger partial charge in [0.2, 0.25) is 15.9 Å². The van der Waals surface area contributed by atoms with E-state index in [1.807, 2.05) is 0 Å². The van der Waals surface area contributed by atoms with Crippen molar-refractivity contribution in [2.24, 2.45) is 5.73 Å². The number of aliphatic carboxylic acids is 1. The Morgan fingerprint density at radius 3 is 2.52 bits per heavy atom. The van der Waals surface area contributed by atoms with Gasteiger partial charge in [-0.15, -0.1) is 0 Å². The van der Waals surface area contributed by atoms with Crippen LogP contribution in [0.4, 0.5) is 4.39 Å². The first-order chi connectivity index (χ1) is 9.64. The van der Waals surface area contributed by atoms with Crippen molar-refractivity contribution in [2.75, 3.05) is 13.6 Å². The molecule has 7 nitrogen and oxygen atoms in total. The average molecular weight is 316 g/mol. The number of benzene rings is 1. The molecule has 1 rings (SSSR count). The van der Waals surface area contributed by atoms with Crippen LogP contribution in [0.1, 0.15) is 5.56 Å². The molecular formula is C12H13FN2O5S. The van der Waals surface area contributed by atoms with Crippen molar-refractivity contribution in [3.63, 3.8) is 0 Å². The van der Waals surface area contributed by atoms with E-state index in [1.165, 1.54) is 6.07 Å². The number of likely N-dealkylation sites (N-methyl/N-ethyl adjacent to an activating group) is 1. The zero-order valence-corrected chi connectivity index (χ0v) is 11.8. The summed E-state index contributed by atoms with van der Waals surface area (Å²) in [5.74, 6) is -3.14. The van der Waals surface area contributed by atoms with Gasteiger partial charge < -0.3 is 10.8 Å². The van der Waals surface area contributed by atoms with Crippen molar-refractivity contribution >= 4 is 28.0 Å². The lowest BCUT2D eigenvalue weighted by Crippen LogP contribution is -2.35. The molecule has 0 aliphatic rings. The Hall–Kier alpha value is -2.26. The highest BCUT2D eigenvalue weighted by Crippen LogP contribution is 2.20. The summed E-state index contributed by atoms with van der Waals surface area (Å²) >= 11 is 0. The Bertz CT molecular complexity index is 700. The first-order valence-electron chi connectivity index (χ1n) is 5.60. The van der Waals surface area contributed by atoms with Gasteiger partial charge >= 0.3 is 5.97 Å². The molecule has 0 aliphatic heterocycles. The van der Waals surface area contributed by atoms with Crippen LogP contribution in [0.25, 0.3) is 6.08 Å². The topological polar surface area (TPSA) is 118 Å². The number of nitrogens with zero attached hydrogens (tertiary/aromatic N) is 1. The number of carbonyl (C=O) groups excluding carboxylic acids is 1. The molecule has 1 amide bonds. The molecule has 1 aromatic rings. The average Bonchev–Trinajstić information content (AvgIpc) is 2.35. The maximum absolute atomic E-state index is 13.9. The van der Waals surface area contributed by atoms with Crippen molar-refractivity contribution in [1.29, 1.82) is 0 Å². The number of carbonyl (C=O) groups is 2. The van der Waals surface area contributed by atoms with Gasteiger partial charge in [0.25, 0.3) is 0 Å². The Balaban J connectivity index is 3.15. The highest BCUT2D eigenvalue weighted by atomic mass is 32.2. The van der Waals surface area contributed by atoms with E-state index in [0.29, 0.717) is 4.31 Å². The molecule has 9 heteroatoms. The van der Waals surface area contributed by atoms with E-state index in [-0.39, 0.29) is 5.56 Å². The van der Waals surface area contributed by atoms with Crippen molar-refractivity contribution in [2.45, 2.75) is 4.90 Å². The fraction of sp³-hybridized carbons (Fsp3) is 0.167. The summed E-state index contributed by atoms with van der Waals surface area (Å²) < 4.78 is 38.6. The van der Waals surface area contributed by atoms with Crippen LogP contribution >= 0.6 is 0 Å². The molecule has 0 radical (unpaired) electrons. The molecule has 0 bridgehead atoms. The highest BCUT2D eigenvalue weighted by Gasteiger charge is 2.25. The zero-order valence-electron chi connectivity index (χ0n) is 11.0. The summed E-state index contributed by atoms with van der Waals surface area (Å²) in [4.78, 5) is 20.5. The van der Waals surface area contributed by atoms with Gasteiger partial charge in [0.1, 0.15) is 10.7 Å². The third kappa shape index (κ3) is 4.36. The van der Waals surface area contributed by atoms with Gasteiger partial charge in [0.15, 0.2) is 0 Å². The van der Waals surface area contributed by atoms with Crippen LogP contribution in [0.2, 0.25) is 0 Å². The lowest BCUT2D eigenvalue weighted by atomic mass is 10.2. The minimum Gasteiger partial charge on any atom is -0.478 e. The molecule has 0 unspecified atom stereocenters. The summed E-state index contributed by atoms with van der Waals surface area (Å²) in [6.07, 6.45) is 1.91. The molecular weight excluding hydrogens is 303 g/mol. The van der Waals surface area contributed by atoms with Crippen molar-refractivity contribution in [3.05, 3.63) is 35.7 Å². The number of amides is 1. The van der Waals surface area contributed by atoms with Gasteiger partial charge in [-0.25, -0.2) is 17.6 Å². The molecule has 0 atom stereocenters. The Kier molecular flexibility index (Phi) is 5.17. The van der Waals surface area contributed by atoms with Crippen LogP contribution < -0.4 is 5.73 Å². The largest absolute Gasteiger partial charge is 0.478 e. The number of nitrogens with two attached hydrogens (primary N) is 1. The van der Waals surface area contributed by atoms with Crippen LogP contribution in [0.15, 0.2) is 29.2 Å². The summed E-state index contributed by atoms with van der Waals surface area (Å²) in [6.45, 7) is -0.581. The van der Waals surface area contributed by atoms with Gasteiger partial charge in [-0.1, -0.05) is 6.07 Å². The van der Waals surface area contributed by atoms with Crippen molar-refractivity contribution in [3.8, 4) is 0 Å². The fourth-order valence-electron chi connectivity index (χ4n) is 1.47. The molecule has 21 heavy (non-hydrogen) atoms. The van der Waals surface area contributed by atoms with Gasteiger partial charge in [0, 0.05) is 13.1 Å². The first-order valence-corrected chi connectivity index (χ1v) is 7.04. The number of carboxylic acid groups (broad SMARTS) is 1. The minimum atomic E-state index is -4.20. The van der Waals surface area contributed by atoms with Crippen LogP contribution in [0.3, 0.4) is 0 Å². The molecule has 0 heterocycles. The normalized spacial score (nSPS) is 12.0.